The summed E-state index contributed by atoms with van der Waals surface area (Å²) in [4.78, 5) is 5.37. The summed E-state index contributed by atoms with van der Waals surface area (Å²) in [6.07, 6.45) is 4.10. The van der Waals surface area contributed by atoms with Crippen molar-refractivity contribution in [2.75, 3.05) is 26.2 Å². The van der Waals surface area contributed by atoms with Gasteiger partial charge in [0.05, 0.1) is 6.04 Å². The van der Waals surface area contributed by atoms with Crippen LogP contribution in [-0.4, -0.2) is 42.0 Å². The molecule has 2 aromatic carbocycles. The topological polar surface area (TPSA) is 6.48 Å². The number of piperidine rings is 1. The van der Waals surface area contributed by atoms with Crippen molar-refractivity contribution in [3.63, 3.8) is 0 Å². The molecule has 2 fully saturated rings. The summed E-state index contributed by atoms with van der Waals surface area (Å²) < 4.78 is 0. The second-order valence-corrected chi connectivity index (χ2v) is 7.48. The van der Waals surface area contributed by atoms with Crippen molar-refractivity contribution >= 4 is 11.6 Å². The largest absolute Gasteiger partial charge is 0.298 e. The highest BCUT2D eigenvalue weighted by Crippen LogP contribution is 2.33. The first-order chi connectivity index (χ1) is 11.8. The molecule has 2 aromatic rings. The molecule has 2 heterocycles. The summed E-state index contributed by atoms with van der Waals surface area (Å²) in [5, 5.41) is 0.808. The first kappa shape index (κ1) is 16.1. The van der Waals surface area contributed by atoms with E-state index in [-0.39, 0.29) is 0 Å². The molecule has 24 heavy (non-hydrogen) atoms. The van der Waals surface area contributed by atoms with E-state index in [0.717, 1.165) is 17.6 Å². The van der Waals surface area contributed by atoms with Crippen LogP contribution in [-0.2, 0) is 0 Å². The predicted octanol–water partition coefficient (Wildman–Crippen LogP) is 4.60. The van der Waals surface area contributed by atoms with Crippen LogP contribution in [0.2, 0.25) is 5.02 Å². The molecule has 2 aliphatic heterocycles. The SMILES string of the molecule is Clc1ccc(C(c2ccccc2)N2CCN3CCCCC3C2)cc1. The van der Waals surface area contributed by atoms with Gasteiger partial charge >= 0.3 is 0 Å². The highest BCUT2D eigenvalue weighted by atomic mass is 35.5. The minimum atomic E-state index is 0.326. The van der Waals surface area contributed by atoms with Crippen LogP contribution in [0.25, 0.3) is 0 Å². The van der Waals surface area contributed by atoms with Crippen LogP contribution in [0.15, 0.2) is 54.6 Å². The van der Waals surface area contributed by atoms with Crippen molar-refractivity contribution in [3.05, 3.63) is 70.7 Å². The zero-order valence-corrected chi connectivity index (χ0v) is 14.8. The molecule has 0 bridgehead atoms. The lowest BCUT2D eigenvalue weighted by molar-refractivity contribution is 0.0350. The van der Waals surface area contributed by atoms with Crippen LogP contribution in [0.3, 0.4) is 0 Å². The van der Waals surface area contributed by atoms with E-state index in [4.69, 9.17) is 11.6 Å². The zero-order valence-electron chi connectivity index (χ0n) is 14.1. The molecular formula is C21H25ClN2. The molecule has 4 rings (SSSR count). The second-order valence-electron chi connectivity index (χ2n) is 7.05. The van der Waals surface area contributed by atoms with Gasteiger partial charge in [-0.2, -0.15) is 0 Å². The highest BCUT2D eigenvalue weighted by molar-refractivity contribution is 6.30. The van der Waals surface area contributed by atoms with Gasteiger partial charge in [0.15, 0.2) is 0 Å². The number of piperazine rings is 1. The molecule has 0 N–H and O–H groups in total. The van der Waals surface area contributed by atoms with E-state index in [9.17, 15) is 0 Å². The lowest BCUT2D eigenvalue weighted by Gasteiger charge is -2.46. The Morgan fingerprint density at radius 2 is 1.58 bits per heavy atom. The molecule has 0 amide bonds. The lowest BCUT2D eigenvalue weighted by atomic mass is 9.93. The van der Waals surface area contributed by atoms with Gasteiger partial charge in [-0.05, 0) is 42.6 Å². The highest BCUT2D eigenvalue weighted by Gasteiger charge is 2.33. The first-order valence-electron chi connectivity index (χ1n) is 9.10. The van der Waals surface area contributed by atoms with Gasteiger partial charge < -0.3 is 0 Å². The van der Waals surface area contributed by atoms with Crippen LogP contribution in [0.4, 0.5) is 0 Å². The van der Waals surface area contributed by atoms with Crippen molar-refractivity contribution in [2.24, 2.45) is 0 Å². The Morgan fingerprint density at radius 1 is 0.833 bits per heavy atom. The number of rotatable bonds is 3. The minimum Gasteiger partial charge on any atom is -0.298 e. The quantitative estimate of drug-likeness (QED) is 0.805. The van der Waals surface area contributed by atoms with E-state index in [2.05, 4.69) is 52.3 Å². The van der Waals surface area contributed by atoms with Crippen molar-refractivity contribution < 1.29 is 0 Å². The molecule has 3 heteroatoms. The Morgan fingerprint density at radius 3 is 2.38 bits per heavy atom. The third-order valence-corrected chi connectivity index (χ3v) is 5.79. The Labute approximate surface area is 150 Å². The van der Waals surface area contributed by atoms with Crippen molar-refractivity contribution in [3.8, 4) is 0 Å². The summed E-state index contributed by atoms with van der Waals surface area (Å²) in [5.74, 6) is 0. The van der Waals surface area contributed by atoms with Gasteiger partial charge in [0, 0.05) is 30.7 Å². The van der Waals surface area contributed by atoms with Gasteiger partial charge in [-0.3, -0.25) is 9.80 Å². The van der Waals surface area contributed by atoms with E-state index < -0.39 is 0 Å². The zero-order chi connectivity index (χ0) is 16.4. The maximum atomic E-state index is 6.12. The summed E-state index contributed by atoms with van der Waals surface area (Å²) in [6.45, 7) is 4.79. The minimum absolute atomic E-state index is 0.326. The van der Waals surface area contributed by atoms with Gasteiger partial charge in [-0.15, -0.1) is 0 Å². The average Bonchev–Trinajstić information content (AvgIpc) is 2.64. The summed E-state index contributed by atoms with van der Waals surface area (Å²) >= 11 is 6.12. The molecule has 2 nitrogen and oxygen atoms in total. The number of halogens is 1. The van der Waals surface area contributed by atoms with Crippen LogP contribution in [0.5, 0.6) is 0 Å². The smallest absolute Gasteiger partial charge is 0.0602 e. The van der Waals surface area contributed by atoms with Gasteiger partial charge in [-0.1, -0.05) is 60.5 Å². The normalized spacial score (nSPS) is 23.6. The monoisotopic (exact) mass is 340 g/mol. The van der Waals surface area contributed by atoms with E-state index in [1.54, 1.807) is 0 Å². The summed E-state index contributed by atoms with van der Waals surface area (Å²) in [7, 11) is 0. The fraction of sp³-hybridized carbons (Fsp3) is 0.429. The molecule has 2 aliphatic rings. The van der Waals surface area contributed by atoms with Crippen LogP contribution in [0, 0.1) is 0 Å². The lowest BCUT2D eigenvalue weighted by Crippen LogP contribution is -2.55. The number of fused-ring (bicyclic) bond motifs is 1. The van der Waals surface area contributed by atoms with Gasteiger partial charge in [0.25, 0.3) is 0 Å². The Bertz CT molecular complexity index is 655. The molecule has 0 radical (unpaired) electrons. The predicted molar refractivity (Wildman–Crippen MR) is 101 cm³/mol. The molecular weight excluding hydrogens is 316 g/mol. The van der Waals surface area contributed by atoms with E-state index >= 15 is 0 Å². The van der Waals surface area contributed by atoms with Crippen molar-refractivity contribution in [1.29, 1.82) is 0 Å². The maximum Gasteiger partial charge on any atom is 0.0602 e. The van der Waals surface area contributed by atoms with Gasteiger partial charge in [0.1, 0.15) is 0 Å². The van der Waals surface area contributed by atoms with Gasteiger partial charge in [-0.25, -0.2) is 0 Å². The Hall–Kier alpha value is -1.35. The van der Waals surface area contributed by atoms with E-state index in [0.29, 0.717) is 6.04 Å². The van der Waals surface area contributed by atoms with Crippen LogP contribution >= 0.6 is 11.6 Å². The third-order valence-electron chi connectivity index (χ3n) is 5.53. The molecule has 0 saturated carbocycles. The first-order valence-corrected chi connectivity index (χ1v) is 9.47. The summed E-state index contributed by atoms with van der Waals surface area (Å²) in [5.41, 5.74) is 2.72. The number of nitrogens with zero attached hydrogens (tertiary/aromatic N) is 2. The molecule has 0 spiro atoms. The van der Waals surface area contributed by atoms with Crippen LogP contribution in [0.1, 0.15) is 36.4 Å². The maximum absolute atomic E-state index is 6.12. The van der Waals surface area contributed by atoms with Crippen LogP contribution < -0.4 is 0 Å². The fourth-order valence-electron chi connectivity index (χ4n) is 4.31. The standard InChI is InChI=1S/C21H25ClN2/c22-19-11-9-18(10-12-19)21(17-6-2-1-3-7-17)24-15-14-23-13-5-4-8-20(23)16-24/h1-3,6-7,9-12,20-21H,4-5,8,13-16H2. The Balaban J connectivity index is 1.64. The Kier molecular flexibility index (Phi) is 4.88. The molecule has 0 aromatic heterocycles. The van der Waals surface area contributed by atoms with Gasteiger partial charge in [0.2, 0.25) is 0 Å². The van der Waals surface area contributed by atoms with Crippen molar-refractivity contribution in [1.82, 2.24) is 9.80 Å². The molecule has 126 valence electrons. The molecule has 2 saturated heterocycles. The number of hydrogen-bond donors (Lipinski definition) is 0. The average molecular weight is 341 g/mol. The molecule has 0 aliphatic carbocycles. The molecule has 2 unspecified atom stereocenters. The summed E-state index contributed by atoms with van der Waals surface area (Å²) in [6, 6.07) is 20.4. The number of hydrogen-bond acceptors (Lipinski definition) is 2. The van der Waals surface area contributed by atoms with Crippen molar-refractivity contribution in [2.45, 2.75) is 31.3 Å². The third kappa shape index (κ3) is 3.37. The van der Waals surface area contributed by atoms with E-state index in [1.165, 1.54) is 50.0 Å². The second kappa shape index (κ2) is 7.26. The van der Waals surface area contributed by atoms with E-state index in [1.807, 2.05) is 12.1 Å². The number of benzene rings is 2. The molecule has 2 atom stereocenters. The fourth-order valence-corrected chi connectivity index (χ4v) is 4.44.